The minimum absolute atomic E-state index is 0.0268. The second kappa shape index (κ2) is 8.26. The number of carbonyl (C=O) groups is 1. The molecule has 0 saturated heterocycles. The topological polar surface area (TPSA) is 17.1 Å². The Hall–Kier alpha value is -2.61. The van der Waals surface area contributed by atoms with Gasteiger partial charge >= 0.3 is 184 Å². The molecule has 150 valence electrons. The Bertz CT molecular complexity index is 1050. The van der Waals surface area contributed by atoms with E-state index in [2.05, 4.69) is 51.9 Å². The molecule has 0 atom stereocenters. The third-order valence-electron chi connectivity index (χ3n) is 5.49. The van der Waals surface area contributed by atoms with Crippen LogP contribution in [0.1, 0.15) is 10.4 Å². The van der Waals surface area contributed by atoms with Crippen LogP contribution in [0.3, 0.4) is 0 Å². The standard InChI is InChI=1S/C26H21BrFOP/c27-30(23-10-4-1-5-11-23,24-12-6-2-7-13-24,25-14-8-3-9-15-25)20-26(29)21-16-18-22(28)19-17-21/h1-19H,20H2. The SMILES string of the molecule is O=C(CP(Br)(c1ccccc1)(c1ccccc1)c1ccccc1)c1ccc(F)cc1. The molecule has 4 aromatic rings. The average molecular weight is 479 g/mol. The van der Waals surface area contributed by atoms with Gasteiger partial charge in [-0.3, -0.25) is 0 Å². The van der Waals surface area contributed by atoms with Gasteiger partial charge in [0, 0.05) is 0 Å². The number of hydrogen-bond donors (Lipinski definition) is 0. The first kappa shape index (κ1) is 20.7. The van der Waals surface area contributed by atoms with Crippen molar-refractivity contribution in [2.45, 2.75) is 0 Å². The molecule has 0 fully saturated rings. The zero-order chi connectivity index (χ0) is 21.1. The van der Waals surface area contributed by atoms with Crippen LogP contribution in [-0.4, -0.2) is 11.9 Å². The van der Waals surface area contributed by atoms with Crippen molar-refractivity contribution in [2.75, 3.05) is 6.16 Å². The van der Waals surface area contributed by atoms with E-state index in [-0.39, 0.29) is 17.8 Å². The molecule has 0 aliphatic heterocycles. The van der Waals surface area contributed by atoms with Crippen LogP contribution in [0, 0.1) is 5.82 Å². The van der Waals surface area contributed by atoms with Crippen LogP contribution in [0.5, 0.6) is 0 Å². The Labute approximate surface area is 184 Å². The van der Waals surface area contributed by atoms with Crippen LogP contribution in [0.2, 0.25) is 0 Å². The molecule has 0 heterocycles. The summed E-state index contributed by atoms with van der Waals surface area (Å²) < 4.78 is 13.4. The van der Waals surface area contributed by atoms with Crippen molar-refractivity contribution in [3.63, 3.8) is 0 Å². The van der Waals surface area contributed by atoms with E-state index in [1.165, 1.54) is 12.1 Å². The van der Waals surface area contributed by atoms with Crippen LogP contribution >= 0.6 is 20.8 Å². The van der Waals surface area contributed by atoms with Gasteiger partial charge in [0.1, 0.15) is 0 Å². The van der Waals surface area contributed by atoms with Crippen LogP contribution in [0.15, 0.2) is 115 Å². The number of carbonyl (C=O) groups excluding carboxylic acids is 1. The van der Waals surface area contributed by atoms with Gasteiger partial charge in [-0.2, -0.15) is 0 Å². The van der Waals surface area contributed by atoms with Crippen molar-refractivity contribution in [3.8, 4) is 0 Å². The van der Waals surface area contributed by atoms with Crippen molar-refractivity contribution in [1.29, 1.82) is 0 Å². The van der Waals surface area contributed by atoms with Gasteiger partial charge in [0.05, 0.1) is 0 Å². The molecule has 4 heteroatoms. The summed E-state index contributed by atoms with van der Waals surface area (Å²) in [6.45, 7) is 0. The summed E-state index contributed by atoms with van der Waals surface area (Å²) in [6, 6.07) is 36.3. The maximum atomic E-state index is 13.6. The van der Waals surface area contributed by atoms with Gasteiger partial charge in [-0.05, 0) is 0 Å². The summed E-state index contributed by atoms with van der Waals surface area (Å²) in [4.78, 5) is 13.6. The number of rotatable bonds is 6. The van der Waals surface area contributed by atoms with Crippen molar-refractivity contribution < 1.29 is 9.18 Å². The predicted molar refractivity (Wildman–Crippen MR) is 130 cm³/mol. The molecule has 0 saturated carbocycles. The van der Waals surface area contributed by atoms with Gasteiger partial charge in [0.2, 0.25) is 0 Å². The van der Waals surface area contributed by atoms with E-state index in [1.54, 1.807) is 12.1 Å². The molecule has 0 aromatic heterocycles. The fourth-order valence-corrected chi connectivity index (χ4v) is 11.3. The summed E-state index contributed by atoms with van der Waals surface area (Å²) in [5, 5.41) is -0.0915. The van der Waals surface area contributed by atoms with Gasteiger partial charge in [-0.15, -0.1) is 0 Å². The number of ketones is 1. The van der Waals surface area contributed by atoms with E-state index in [0.29, 0.717) is 5.56 Å². The van der Waals surface area contributed by atoms with Gasteiger partial charge in [-0.25, -0.2) is 0 Å². The molecule has 0 unspecified atom stereocenters. The molecule has 0 aliphatic rings. The van der Waals surface area contributed by atoms with E-state index in [9.17, 15) is 9.18 Å². The van der Waals surface area contributed by atoms with Gasteiger partial charge in [0.25, 0.3) is 0 Å². The quantitative estimate of drug-likeness (QED) is 0.251. The molecular formula is C26H21BrFOP. The monoisotopic (exact) mass is 478 g/mol. The average Bonchev–Trinajstić information content (AvgIpc) is 2.81. The maximum absolute atomic E-state index is 13.6. The first-order valence-electron chi connectivity index (χ1n) is 9.71. The van der Waals surface area contributed by atoms with Crippen LogP contribution < -0.4 is 15.9 Å². The fourth-order valence-electron chi connectivity index (χ4n) is 3.93. The predicted octanol–water partition coefficient (Wildman–Crippen LogP) is 5.85. The molecular weight excluding hydrogens is 458 g/mol. The summed E-state index contributed by atoms with van der Waals surface area (Å²) in [6.07, 6.45) is 0.259. The van der Waals surface area contributed by atoms with Gasteiger partial charge in [0.15, 0.2) is 0 Å². The van der Waals surface area contributed by atoms with Gasteiger partial charge in [-0.1, -0.05) is 0 Å². The summed E-state index contributed by atoms with van der Waals surface area (Å²) in [7, 11) is 0. The Kier molecular flexibility index (Phi) is 5.69. The molecule has 4 aromatic carbocycles. The molecule has 0 N–H and O–H groups in total. The minimum atomic E-state index is -3.33. The number of benzene rings is 4. The molecule has 4 rings (SSSR count). The normalized spacial score (nSPS) is 12.7. The number of Topliss-reactive ketones (excluding diaryl/α,β-unsaturated/α-hetero) is 1. The molecule has 0 spiro atoms. The summed E-state index contributed by atoms with van der Waals surface area (Å²) >= 11 is 4.27. The summed E-state index contributed by atoms with van der Waals surface area (Å²) in [5.74, 6) is -0.377. The molecule has 1 nitrogen and oxygen atoms in total. The molecule has 0 bridgehead atoms. The Morgan fingerprint density at radius 2 is 1.00 bits per heavy atom. The zero-order valence-corrected chi connectivity index (χ0v) is 18.8. The van der Waals surface area contributed by atoms with Crippen LogP contribution in [-0.2, 0) is 0 Å². The molecule has 0 aliphatic carbocycles. The third kappa shape index (κ3) is 3.53. The van der Waals surface area contributed by atoms with E-state index >= 15 is 0 Å². The number of halogens is 2. The first-order chi connectivity index (χ1) is 14.5. The van der Waals surface area contributed by atoms with Crippen molar-refractivity contribution in [1.82, 2.24) is 0 Å². The molecule has 0 amide bonds. The Balaban J connectivity index is 2.01. The van der Waals surface area contributed by atoms with Crippen molar-refractivity contribution >= 4 is 42.5 Å². The van der Waals surface area contributed by atoms with E-state index in [0.717, 1.165) is 15.9 Å². The molecule has 0 radical (unpaired) electrons. The second-order valence-corrected chi connectivity index (χ2v) is 16.2. The summed E-state index contributed by atoms with van der Waals surface area (Å²) in [5.41, 5.74) is 0.507. The van der Waals surface area contributed by atoms with E-state index in [4.69, 9.17) is 0 Å². The van der Waals surface area contributed by atoms with Crippen LogP contribution in [0.4, 0.5) is 4.39 Å². The molecule has 30 heavy (non-hydrogen) atoms. The van der Waals surface area contributed by atoms with E-state index in [1.807, 2.05) is 54.6 Å². The third-order valence-corrected chi connectivity index (χ3v) is 14.9. The second-order valence-electron chi connectivity index (χ2n) is 7.28. The van der Waals surface area contributed by atoms with E-state index < -0.39 is 5.31 Å². The Morgan fingerprint density at radius 3 is 1.37 bits per heavy atom. The fraction of sp³-hybridized carbons (Fsp3) is 0.0385. The first-order valence-corrected chi connectivity index (χ1v) is 14.1. The Morgan fingerprint density at radius 1 is 0.633 bits per heavy atom. The van der Waals surface area contributed by atoms with Crippen molar-refractivity contribution in [3.05, 3.63) is 127 Å². The van der Waals surface area contributed by atoms with Crippen molar-refractivity contribution in [2.24, 2.45) is 0 Å². The van der Waals surface area contributed by atoms with Crippen LogP contribution in [0.25, 0.3) is 0 Å². The number of hydrogen-bond acceptors (Lipinski definition) is 1. The zero-order valence-electron chi connectivity index (χ0n) is 16.3. The van der Waals surface area contributed by atoms with Gasteiger partial charge < -0.3 is 0 Å².